The van der Waals surface area contributed by atoms with E-state index in [1.807, 2.05) is 273 Å². The fourth-order valence-corrected chi connectivity index (χ4v) is 18.2. The normalized spacial score (nSPS) is 25.9. The Kier molecular flexibility index (Phi) is 32.7. The number of hydrogen-bond donors (Lipinski definition) is 3. The summed E-state index contributed by atoms with van der Waals surface area (Å²) < 4.78 is 122. The summed E-state index contributed by atoms with van der Waals surface area (Å²) in [4.78, 5) is 66.0. The molecule has 20 atom stereocenters. The van der Waals surface area contributed by atoms with Gasteiger partial charge in [-0.15, -0.1) is 0 Å². The standard InChI is InChI=1S/C111H110N2O24/c114-58-73-54-56-83(57-55-73)68-130-108-92(112-104(117)84-50-28-29-51-85(84)105(112)118)100(126-64-79-42-20-6-21-43-79)98(89(132-108)70-122-60-75-34-12-2-13-35-75)136-109-93(113-106(119)86-52-30-31-53-87(86)107(113)120)101(127-65-80-44-22-7-23-45-80)99(90(133-109)71-123-61-76-36-14-3-15-37-76)137-111-103(129-67-82-48-26-9-27-49-82)94(115)96(124-62-77-38-16-4-17-39-77)91(135-111)72-131-110-95(116)102(128-66-81-46-24-8-25-47-81)97(125-63-78-40-18-5-19-41-78)88(134-110)69-121-59-74-32-10-1-11-33-74/h1-57,88-103,108-111,114-116H,58-72H2/t88-,89-,90-,91-,92-,93-,94+,95+,96-,97-,98-,99-,100-,101-,102-,103+,108-,109+,110+,111+/m1/s1. The number of ether oxygens (including phenoxy) is 17. The first-order valence-electron chi connectivity index (χ1n) is 46.3. The van der Waals surface area contributed by atoms with E-state index in [1.165, 1.54) is 0 Å². The lowest BCUT2D eigenvalue weighted by Gasteiger charge is -2.53. The molecule has 4 saturated heterocycles. The first kappa shape index (κ1) is 95.4. The van der Waals surface area contributed by atoms with Crippen LogP contribution in [0.2, 0.25) is 0 Å². The van der Waals surface area contributed by atoms with Gasteiger partial charge in [0.05, 0.1) is 121 Å². The summed E-state index contributed by atoms with van der Waals surface area (Å²) in [5.74, 6) is -2.93. The Hall–Kier alpha value is -11.9. The van der Waals surface area contributed by atoms with Crippen LogP contribution in [0.15, 0.2) is 346 Å². The zero-order valence-electron chi connectivity index (χ0n) is 75.4. The summed E-state index contributed by atoms with van der Waals surface area (Å²) >= 11 is 0. The molecular weight excluding hydrogens is 1750 g/mol. The second-order valence-electron chi connectivity index (χ2n) is 34.6. The Morgan fingerprint density at radius 3 is 0.839 bits per heavy atom. The zero-order valence-corrected chi connectivity index (χ0v) is 75.4. The molecule has 0 unspecified atom stereocenters. The molecule has 26 heteroatoms. The molecule has 6 heterocycles. The quantitative estimate of drug-likeness (QED) is 0.0299. The summed E-state index contributed by atoms with van der Waals surface area (Å²) in [6.45, 7) is -1.78. The van der Waals surface area contributed by atoms with Crippen LogP contribution in [-0.2, 0) is 153 Å². The summed E-state index contributed by atoms with van der Waals surface area (Å²) in [6, 6.07) is 102. The fourth-order valence-electron chi connectivity index (χ4n) is 18.2. The number of carbonyl (C=O) groups is 4. The molecule has 0 radical (unpaired) electrons. The van der Waals surface area contributed by atoms with Gasteiger partial charge in [-0.3, -0.25) is 29.0 Å². The van der Waals surface area contributed by atoms with Gasteiger partial charge in [-0.2, -0.15) is 0 Å². The predicted molar refractivity (Wildman–Crippen MR) is 499 cm³/mol. The molecule has 708 valence electrons. The highest BCUT2D eigenvalue weighted by Gasteiger charge is 2.62. The van der Waals surface area contributed by atoms with Crippen LogP contribution in [0.25, 0.3) is 0 Å². The number of benzene rings is 12. The lowest BCUT2D eigenvalue weighted by molar-refractivity contribution is -0.381. The zero-order chi connectivity index (χ0) is 93.6. The molecule has 0 aromatic heterocycles. The van der Waals surface area contributed by atoms with Crippen molar-refractivity contribution in [1.29, 1.82) is 0 Å². The van der Waals surface area contributed by atoms with Crippen molar-refractivity contribution in [2.24, 2.45) is 0 Å². The molecule has 12 aromatic rings. The molecule has 0 aliphatic carbocycles. The monoisotopic (exact) mass is 1850 g/mol. The van der Waals surface area contributed by atoms with E-state index < -0.39 is 153 Å². The van der Waals surface area contributed by atoms with E-state index in [0.29, 0.717) is 27.8 Å². The Bertz CT molecular complexity index is 5730. The molecule has 4 fully saturated rings. The Labute approximate surface area is 795 Å². The second kappa shape index (κ2) is 47.0. The van der Waals surface area contributed by atoms with Crippen molar-refractivity contribution in [3.05, 3.63) is 429 Å². The van der Waals surface area contributed by atoms with Crippen molar-refractivity contribution in [2.45, 2.75) is 195 Å². The maximum atomic E-state index is 16.3. The van der Waals surface area contributed by atoms with Gasteiger partial charge in [0.15, 0.2) is 25.2 Å². The molecule has 6 aliphatic heterocycles. The number of carbonyl (C=O) groups excluding carboxylic acids is 4. The van der Waals surface area contributed by atoms with E-state index in [-0.39, 0.29) is 115 Å². The van der Waals surface area contributed by atoms with Gasteiger partial charge in [-0.1, -0.05) is 322 Å². The van der Waals surface area contributed by atoms with Crippen molar-refractivity contribution in [2.75, 3.05) is 26.4 Å². The number of hydrogen-bond acceptors (Lipinski definition) is 24. The number of fused-ring (bicyclic) bond motifs is 2. The van der Waals surface area contributed by atoms with Gasteiger partial charge in [0.25, 0.3) is 23.6 Å². The van der Waals surface area contributed by atoms with Gasteiger partial charge >= 0.3 is 0 Å². The number of aliphatic hydroxyl groups excluding tert-OH is 3. The van der Waals surface area contributed by atoms with E-state index in [0.717, 1.165) is 43.2 Å². The van der Waals surface area contributed by atoms with E-state index in [2.05, 4.69) is 0 Å². The summed E-state index contributed by atoms with van der Waals surface area (Å²) in [7, 11) is 0. The van der Waals surface area contributed by atoms with E-state index in [4.69, 9.17) is 80.5 Å². The second-order valence-corrected chi connectivity index (χ2v) is 34.6. The van der Waals surface area contributed by atoms with E-state index in [9.17, 15) is 15.3 Å². The predicted octanol–water partition coefficient (Wildman–Crippen LogP) is 14.6. The van der Waals surface area contributed by atoms with Gasteiger partial charge in [0.2, 0.25) is 0 Å². The minimum Gasteiger partial charge on any atom is -0.392 e. The molecule has 0 bridgehead atoms. The van der Waals surface area contributed by atoms with Crippen LogP contribution in [-0.4, -0.2) is 198 Å². The van der Waals surface area contributed by atoms with Crippen molar-refractivity contribution in [3.8, 4) is 0 Å². The minimum atomic E-state index is -1.89. The summed E-state index contributed by atoms with van der Waals surface area (Å²) in [6.07, 6.45) is -26.3. The molecule has 12 aromatic carbocycles. The van der Waals surface area contributed by atoms with Gasteiger partial charge in [0.1, 0.15) is 97.5 Å². The molecule has 18 rings (SSSR count). The van der Waals surface area contributed by atoms with Gasteiger partial charge in [-0.25, -0.2) is 0 Å². The highest BCUT2D eigenvalue weighted by atomic mass is 16.8. The molecule has 0 saturated carbocycles. The van der Waals surface area contributed by atoms with Crippen LogP contribution in [0.5, 0.6) is 0 Å². The first-order chi connectivity index (χ1) is 67.4. The highest BCUT2D eigenvalue weighted by molar-refractivity contribution is 6.22. The van der Waals surface area contributed by atoms with Crippen LogP contribution < -0.4 is 0 Å². The fraction of sp³-hybridized carbons (Fsp3) is 0.315. The van der Waals surface area contributed by atoms with Crippen molar-refractivity contribution in [1.82, 2.24) is 9.80 Å². The smallest absolute Gasteiger partial charge is 0.262 e. The third-order valence-electron chi connectivity index (χ3n) is 25.2. The number of amides is 4. The van der Waals surface area contributed by atoms with Gasteiger partial charge < -0.3 is 95.8 Å². The van der Waals surface area contributed by atoms with Gasteiger partial charge in [-0.05, 0) is 85.5 Å². The van der Waals surface area contributed by atoms with Crippen LogP contribution in [0, 0.1) is 0 Å². The maximum absolute atomic E-state index is 16.3. The number of nitrogens with zero attached hydrogens (tertiary/aromatic N) is 2. The minimum absolute atomic E-state index is 0.00755. The van der Waals surface area contributed by atoms with Crippen LogP contribution >= 0.6 is 0 Å². The topological polar surface area (TPSA) is 292 Å². The Morgan fingerprint density at radius 1 is 0.219 bits per heavy atom. The molecule has 3 N–H and O–H groups in total. The average Bonchev–Trinajstić information content (AvgIpc) is 1.69. The van der Waals surface area contributed by atoms with Crippen molar-refractivity contribution in [3.63, 3.8) is 0 Å². The van der Waals surface area contributed by atoms with Crippen molar-refractivity contribution < 1.29 is 115 Å². The van der Waals surface area contributed by atoms with Crippen molar-refractivity contribution >= 4 is 23.6 Å². The maximum Gasteiger partial charge on any atom is 0.262 e. The molecular formula is C111H110N2O24. The number of imide groups is 2. The molecule has 6 aliphatic rings. The van der Waals surface area contributed by atoms with Crippen LogP contribution in [0.1, 0.15) is 103 Å². The Balaban J connectivity index is 0.767. The number of rotatable bonds is 43. The third-order valence-corrected chi connectivity index (χ3v) is 25.2. The SMILES string of the molecule is O=C1c2ccccc2C(=O)N1[C@H]1[C@H](O[C@H]2[C@H](OCc3ccccc3)[C@@H](N3C(=O)c4ccccc4C3=O)[C@H](OCc3ccc(CO)cc3)O[C@@H]2COCc2ccccc2)O[C@H](COCc2ccccc2)[C@@H](O[C@@H]2O[C@H](CO[C@H]3O[C@H](COCc4ccccc4)[C@@H](OCc4ccccc4)[C@H](OCc4ccccc4)[C@@H]3O)[C@@H](OCc3ccccc3)[C@H](O)[C@@H]2OCc2ccccc2)[C@@H]1OCc1ccccc1. The van der Waals surface area contributed by atoms with E-state index >= 15 is 19.2 Å². The molecule has 26 nitrogen and oxygen atoms in total. The molecule has 4 amide bonds. The lowest BCUT2D eigenvalue weighted by Crippen LogP contribution is -2.71. The van der Waals surface area contributed by atoms with Crippen LogP contribution in [0.3, 0.4) is 0 Å². The summed E-state index contributed by atoms with van der Waals surface area (Å²) in [5, 5.41) is 37.1. The first-order valence-corrected chi connectivity index (χ1v) is 46.3. The number of aliphatic hydroxyl groups is 3. The Morgan fingerprint density at radius 2 is 0.474 bits per heavy atom. The largest absolute Gasteiger partial charge is 0.392 e. The van der Waals surface area contributed by atoms with Crippen LogP contribution in [0.4, 0.5) is 0 Å². The molecule has 0 spiro atoms. The summed E-state index contributed by atoms with van der Waals surface area (Å²) in [5.41, 5.74) is 8.48. The van der Waals surface area contributed by atoms with Gasteiger partial charge in [0, 0.05) is 0 Å². The third kappa shape index (κ3) is 23.6. The molecule has 137 heavy (non-hydrogen) atoms. The average molecular weight is 1860 g/mol. The lowest BCUT2D eigenvalue weighted by atomic mass is 9.92. The van der Waals surface area contributed by atoms with E-state index in [1.54, 1.807) is 72.8 Å². The highest BCUT2D eigenvalue weighted by Crippen LogP contribution is 2.44.